The third kappa shape index (κ3) is 0.625. The lowest BCUT2D eigenvalue weighted by Gasteiger charge is -2.12. The van der Waals surface area contributed by atoms with Crippen molar-refractivity contribution in [2.45, 2.75) is 12.5 Å². The summed E-state index contributed by atoms with van der Waals surface area (Å²) in [6, 6.07) is 1.93. The van der Waals surface area contributed by atoms with Crippen molar-refractivity contribution in [2.75, 3.05) is 0 Å². The van der Waals surface area contributed by atoms with Crippen LogP contribution in [0.4, 0.5) is 0 Å². The van der Waals surface area contributed by atoms with E-state index in [1.807, 2.05) is 6.07 Å². The molecule has 2 heteroatoms. The van der Waals surface area contributed by atoms with Gasteiger partial charge in [-0.05, 0) is 6.08 Å². The Morgan fingerprint density at radius 1 is 2.00 bits per heavy atom. The molecule has 0 aromatic heterocycles. The molecule has 0 amide bonds. The zero-order valence-electron chi connectivity index (χ0n) is 3.76. The minimum atomic E-state index is -0.338. The van der Waals surface area contributed by atoms with Crippen molar-refractivity contribution in [2.24, 2.45) is 0 Å². The molecule has 2 nitrogen and oxygen atoms in total. The smallest absolute Gasteiger partial charge is 0.0945 e. The van der Waals surface area contributed by atoms with Crippen LogP contribution >= 0.6 is 0 Å². The topological polar surface area (TPSA) is 44.0 Å². The molecule has 7 heavy (non-hydrogen) atoms. The number of rotatable bonds is 0. The van der Waals surface area contributed by atoms with Gasteiger partial charge in [0.1, 0.15) is 0 Å². The molecule has 1 rings (SSSR count). The average molecular weight is 95.1 g/mol. The summed E-state index contributed by atoms with van der Waals surface area (Å²) in [5.41, 5.74) is 0.701. The van der Waals surface area contributed by atoms with Crippen molar-refractivity contribution in [3.8, 4) is 6.07 Å². The summed E-state index contributed by atoms with van der Waals surface area (Å²) in [4.78, 5) is 0. The highest BCUT2D eigenvalue weighted by Gasteiger charge is 2.14. The second-order valence-corrected chi connectivity index (χ2v) is 1.58. The Morgan fingerprint density at radius 2 is 2.57 bits per heavy atom. The van der Waals surface area contributed by atoms with E-state index in [-0.39, 0.29) is 6.10 Å². The van der Waals surface area contributed by atoms with E-state index in [1.54, 1.807) is 6.08 Å². The Balaban J connectivity index is 2.55. The van der Waals surface area contributed by atoms with E-state index in [9.17, 15) is 0 Å². The van der Waals surface area contributed by atoms with Crippen LogP contribution in [0.3, 0.4) is 0 Å². The Hall–Kier alpha value is -0.810. The van der Waals surface area contributed by atoms with Crippen molar-refractivity contribution in [1.29, 1.82) is 5.26 Å². The Kier molecular flexibility index (Phi) is 0.844. The first-order valence-electron chi connectivity index (χ1n) is 2.12. The van der Waals surface area contributed by atoms with Gasteiger partial charge in [-0.3, -0.25) is 0 Å². The zero-order valence-corrected chi connectivity index (χ0v) is 3.76. The van der Waals surface area contributed by atoms with Gasteiger partial charge in [0.15, 0.2) is 0 Å². The quantitative estimate of drug-likeness (QED) is 0.467. The summed E-state index contributed by atoms with van der Waals surface area (Å²) in [6.07, 6.45) is 1.77. The molecule has 0 saturated heterocycles. The third-order valence-electron chi connectivity index (χ3n) is 0.966. The van der Waals surface area contributed by atoms with Gasteiger partial charge in [0, 0.05) is 12.0 Å². The molecule has 0 radical (unpaired) electrons. The monoisotopic (exact) mass is 95.0 g/mol. The molecule has 1 atom stereocenters. The van der Waals surface area contributed by atoms with Crippen LogP contribution in [-0.4, -0.2) is 11.2 Å². The maximum Gasteiger partial charge on any atom is 0.0945 e. The standard InChI is InChI=1S/C5H5NO/c6-3-4-1-5(7)2-4/h1,5,7H,2H2. The molecule has 1 aliphatic carbocycles. The van der Waals surface area contributed by atoms with Gasteiger partial charge in [-0.1, -0.05) is 0 Å². The molecule has 1 N–H and O–H groups in total. The maximum absolute atomic E-state index is 8.52. The summed E-state index contributed by atoms with van der Waals surface area (Å²) in [6.45, 7) is 0. The van der Waals surface area contributed by atoms with Crippen molar-refractivity contribution >= 4 is 0 Å². The van der Waals surface area contributed by atoms with Crippen molar-refractivity contribution < 1.29 is 5.11 Å². The molecule has 1 aliphatic rings. The molecule has 0 bridgehead atoms. The fourth-order valence-electron chi connectivity index (χ4n) is 0.507. The SMILES string of the molecule is N#CC1=CC(O)C1. The van der Waals surface area contributed by atoms with Crippen LogP contribution in [0.25, 0.3) is 0 Å². The van der Waals surface area contributed by atoms with E-state index in [1.165, 1.54) is 0 Å². The molecular weight excluding hydrogens is 90.1 g/mol. The second-order valence-electron chi connectivity index (χ2n) is 1.58. The fourth-order valence-corrected chi connectivity index (χ4v) is 0.507. The van der Waals surface area contributed by atoms with Crippen molar-refractivity contribution in [3.63, 3.8) is 0 Å². The molecule has 0 aromatic carbocycles. The largest absolute Gasteiger partial charge is 0.389 e. The van der Waals surface area contributed by atoms with Crippen LogP contribution < -0.4 is 0 Å². The molecule has 0 aliphatic heterocycles. The zero-order chi connectivity index (χ0) is 5.28. The van der Waals surface area contributed by atoms with Crippen LogP contribution in [0, 0.1) is 11.3 Å². The minimum absolute atomic E-state index is 0.338. The molecular formula is C5H5NO. The highest BCUT2D eigenvalue weighted by molar-refractivity contribution is 5.30. The average Bonchev–Trinajstić information content (AvgIpc) is 1.58. The number of aliphatic hydroxyl groups excluding tert-OH is 1. The predicted molar refractivity (Wildman–Crippen MR) is 24.3 cm³/mol. The van der Waals surface area contributed by atoms with Gasteiger partial charge in [0.25, 0.3) is 0 Å². The molecule has 1 unspecified atom stereocenters. The molecule has 0 heterocycles. The predicted octanol–water partition coefficient (Wildman–Crippen LogP) is 0.201. The number of aliphatic hydroxyl groups is 1. The van der Waals surface area contributed by atoms with Crippen LogP contribution in [-0.2, 0) is 0 Å². The van der Waals surface area contributed by atoms with Gasteiger partial charge >= 0.3 is 0 Å². The number of nitrogens with zero attached hydrogens (tertiary/aromatic N) is 1. The molecule has 0 fully saturated rings. The second kappa shape index (κ2) is 1.36. The highest BCUT2D eigenvalue weighted by Crippen LogP contribution is 2.16. The van der Waals surface area contributed by atoms with Gasteiger partial charge in [0.05, 0.1) is 12.2 Å². The molecule has 0 aromatic rings. The first-order valence-corrected chi connectivity index (χ1v) is 2.12. The summed E-state index contributed by atoms with van der Waals surface area (Å²) in [7, 11) is 0. The number of hydrogen-bond acceptors (Lipinski definition) is 2. The Bertz CT molecular complexity index is 143. The number of hydrogen-bond donors (Lipinski definition) is 1. The first kappa shape index (κ1) is 4.35. The Labute approximate surface area is 41.7 Å². The maximum atomic E-state index is 8.52. The van der Waals surface area contributed by atoms with Crippen LogP contribution in [0.15, 0.2) is 11.6 Å². The van der Waals surface area contributed by atoms with Crippen LogP contribution in [0.2, 0.25) is 0 Å². The van der Waals surface area contributed by atoms with Gasteiger partial charge in [-0.2, -0.15) is 5.26 Å². The van der Waals surface area contributed by atoms with Crippen LogP contribution in [0.1, 0.15) is 6.42 Å². The summed E-state index contributed by atoms with van der Waals surface area (Å²) >= 11 is 0. The summed E-state index contributed by atoms with van der Waals surface area (Å²) in [5.74, 6) is 0. The van der Waals surface area contributed by atoms with E-state index >= 15 is 0 Å². The summed E-state index contributed by atoms with van der Waals surface area (Å²) in [5, 5.41) is 16.6. The van der Waals surface area contributed by atoms with E-state index in [4.69, 9.17) is 10.4 Å². The lowest BCUT2D eigenvalue weighted by molar-refractivity contribution is 0.206. The minimum Gasteiger partial charge on any atom is -0.389 e. The van der Waals surface area contributed by atoms with Gasteiger partial charge in [0.2, 0.25) is 0 Å². The van der Waals surface area contributed by atoms with E-state index in [0.717, 1.165) is 0 Å². The fraction of sp³-hybridized carbons (Fsp3) is 0.400. The van der Waals surface area contributed by atoms with Crippen molar-refractivity contribution in [3.05, 3.63) is 11.6 Å². The van der Waals surface area contributed by atoms with Gasteiger partial charge < -0.3 is 5.11 Å². The highest BCUT2D eigenvalue weighted by atomic mass is 16.3. The number of nitriles is 1. The van der Waals surface area contributed by atoms with Gasteiger partial charge in [-0.25, -0.2) is 0 Å². The molecule has 0 saturated carbocycles. The van der Waals surface area contributed by atoms with E-state index < -0.39 is 0 Å². The normalized spacial score (nSPS) is 27.4. The lowest BCUT2D eigenvalue weighted by Crippen LogP contribution is -2.13. The first-order chi connectivity index (χ1) is 3.33. The van der Waals surface area contributed by atoms with E-state index in [2.05, 4.69) is 0 Å². The molecule has 0 spiro atoms. The summed E-state index contributed by atoms with van der Waals surface area (Å²) < 4.78 is 0. The van der Waals surface area contributed by atoms with Crippen LogP contribution in [0.5, 0.6) is 0 Å². The van der Waals surface area contributed by atoms with Crippen molar-refractivity contribution in [1.82, 2.24) is 0 Å². The third-order valence-corrected chi connectivity index (χ3v) is 0.966. The lowest BCUT2D eigenvalue weighted by atomic mass is 9.98. The molecule has 36 valence electrons. The Morgan fingerprint density at radius 3 is 2.71 bits per heavy atom. The van der Waals surface area contributed by atoms with E-state index in [0.29, 0.717) is 12.0 Å². The van der Waals surface area contributed by atoms with Gasteiger partial charge in [-0.15, -0.1) is 0 Å².